The normalized spacial score (nSPS) is 18.1. The number of allylic oxidation sites excluding steroid dienone is 1. The average molecular weight is 523 g/mol. The number of pyridine rings is 1. The monoisotopic (exact) mass is 523 g/mol. The summed E-state index contributed by atoms with van der Waals surface area (Å²) in [5, 5.41) is 8.47. The highest BCUT2D eigenvalue weighted by Gasteiger charge is 2.52. The summed E-state index contributed by atoms with van der Waals surface area (Å²) in [4.78, 5) is 4.46. The van der Waals surface area contributed by atoms with E-state index in [0.717, 1.165) is 40.6 Å². The minimum Gasteiger partial charge on any atom is -0.460 e. The summed E-state index contributed by atoms with van der Waals surface area (Å²) >= 11 is 0. The molecular formula is C35H30BNO3. The van der Waals surface area contributed by atoms with E-state index in [1.54, 1.807) is 0 Å². The lowest BCUT2D eigenvalue weighted by molar-refractivity contribution is 0.00578. The van der Waals surface area contributed by atoms with Crippen LogP contribution in [0.5, 0.6) is 0 Å². The summed E-state index contributed by atoms with van der Waals surface area (Å²) in [6, 6.07) is 23.9. The Bertz CT molecular complexity index is 1980. The van der Waals surface area contributed by atoms with E-state index in [1.165, 1.54) is 43.5 Å². The van der Waals surface area contributed by atoms with Gasteiger partial charge in [0.05, 0.1) is 11.2 Å². The average Bonchev–Trinajstić information content (AvgIpc) is 3.45. The zero-order valence-corrected chi connectivity index (χ0v) is 23.2. The SMILES string of the molecule is CC1(C)OB(c2cccc3oc4c(c23)C(c2ccc3c5cnccc5c5ccccc5c3c2)=CCC4)OC1(C)C. The van der Waals surface area contributed by atoms with Gasteiger partial charge in [-0.3, -0.25) is 4.98 Å². The van der Waals surface area contributed by atoms with Gasteiger partial charge in [-0.05, 0) is 95.8 Å². The molecule has 2 aromatic heterocycles. The molecule has 8 rings (SSSR count). The van der Waals surface area contributed by atoms with Crippen LogP contribution in [-0.4, -0.2) is 23.3 Å². The number of nitrogens with zero attached hydrogens (tertiary/aromatic N) is 1. The topological polar surface area (TPSA) is 44.5 Å². The van der Waals surface area contributed by atoms with Gasteiger partial charge in [-0.2, -0.15) is 0 Å². The van der Waals surface area contributed by atoms with Crippen molar-refractivity contribution in [3.05, 3.63) is 102 Å². The number of aryl methyl sites for hydroxylation is 1. The van der Waals surface area contributed by atoms with Gasteiger partial charge in [-0.1, -0.05) is 54.6 Å². The van der Waals surface area contributed by atoms with Crippen LogP contribution in [0.25, 0.3) is 48.9 Å². The van der Waals surface area contributed by atoms with Crippen LogP contribution in [0.1, 0.15) is 51.0 Å². The van der Waals surface area contributed by atoms with Crippen LogP contribution < -0.4 is 5.46 Å². The first-order valence-electron chi connectivity index (χ1n) is 14.1. The van der Waals surface area contributed by atoms with Crippen molar-refractivity contribution >= 4 is 61.4 Å². The molecule has 5 heteroatoms. The van der Waals surface area contributed by atoms with Crippen LogP contribution in [-0.2, 0) is 15.7 Å². The van der Waals surface area contributed by atoms with E-state index >= 15 is 0 Å². The second kappa shape index (κ2) is 8.29. The van der Waals surface area contributed by atoms with Crippen molar-refractivity contribution < 1.29 is 13.7 Å². The van der Waals surface area contributed by atoms with Gasteiger partial charge in [0, 0.05) is 35.2 Å². The first-order valence-corrected chi connectivity index (χ1v) is 14.1. The molecule has 0 bridgehead atoms. The summed E-state index contributed by atoms with van der Waals surface area (Å²) in [6.07, 6.45) is 8.05. The van der Waals surface area contributed by atoms with E-state index < -0.39 is 18.3 Å². The predicted molar refractivity (Wildman–Crippen MR) is 164 cm³/mol. The number of hydrogen-bond donors (Lipinski definition) is 0. The molecule has 196 valence electrons. The Morgan fingerprint density at radius 1 is 0.750 bits per heavy atom. The van der Waals surface area contributed by atoms with Gasteiger partial charge >= 0.3 is 7.12 Å². The third-order valence-corrected chi connectivity index (χ3v) is 9.27. The molecule has 0 saturated carbocycles. The van der Waals surface area contributed by atoms with Crippen molar-refractivity contribution in [1.82, 2.24) is 4.98 Å². The molecule has 4 nitrogen and oxygen atoms in total. The first-order chi connectivity index (χ1) is 19.3. The Kier molecular flexibility index (Phi) is 4.96. The van der Waals surface area contributed by atoms with Gasteiger partial charge < -0.3 is 13.7 Å². The molecular weight excluding hydrogens is 493 g/mol. The fraction of sp³-hybridized carbons (Fsp3) is 0.229. The molecule has 0 radical (unpaired) electrons. The zero-order valence-electron chi connectivity index (χ0n) is 23.2. The molecule has 3 heterocycles. The molecule has 0 N–H and O–H groups in total. The van der Waals surface area contributed by atoms with E-state index in [0.29, 0.717) is 0 Å². The molecule has 6 aromatic rings. The molecule has 1 aliphatic heterocycles. The molecule has 0 unspecified atom stereocenters. The van der Waals surface area contributed by atoms with Crippen molar-refractivity contribution in [2.45, 2.75) is 51.7 Å². The summed E-state index contributed by atoms with van der Waals surface area (Å²) in [7, 11) is -0.460. The van der Waals surface area contributed by atoms with Gasteiger partial charge in [-0.25, -0.2) is 0 Å². The van der Waals surface area contributed by atoms with E-state index in [9.17, 15) is 0 Å². The molecule has 4 aromatic carbocycles. The second-order valence-electron chi connectivity index (χ2n) is 12.1. The maximum atomic E-state index is 6.52. The van der Waals surface area contributed by atoms with Gasteiger partial charge in [0.25, 0.3) is 0 Å². The Labute approximate surface area is 233 Å². The molecule has 1 saturated heterocycles. The maximum absolute atomic E-state index is 6.52. The van der Waals surface area contributed by atoms with E-state index in [2.05, 4.69) is 99.4 Å². The van der Waals surface area contributed by atoms with Crippen molar-refractivity contribution in [3.63, 3.8) is 0 Å². The van der Waals surface area contributed by atoms with Crippen LogP contribution in [0.2, 0.25) is 0 Å². The summed E-state index contributed by atoms with van der Waals surface area (Å²) in [6.45, 7) is 8.40. The number of fused-ring (bicyclic) bond motifs is 9. The summed E-state index contributed by atoms with van der Waals surface area (Å²) in [5.74, 6) is 1.03. The third-order valence-electron chi connectivity index (χ3n) is 9.27. The van der Waals surface area contributed by atoms with Gasteiger partial charge in [0.1, 0.15) is 11.3 Å². The van der Waals surface area contributed by atoms with Crippen molar-refractivity contribution in [3.8, 4) is 0 Å². The number of rotatable bonds is 2. The van der Waals surface area contributed by atoms with Crippen LogP contribution in [0.15, 0.2) is 89.6 Å². The Hall–Kier alpha value is -3.93. The fourth-order valence-corrected chi connectivity index (χ4v) is 6.53. The molecule has 2 aliphatic rings. The molecule has 0 spiro atoms. The van der Waals surface area contributed by atoms with E-state index in [1.807, 2.05) is 18.5 Å². The standard InChI is InChI=1S/C35H30BNO3/c1-34(2)35(3,4)40-36(39-34)29-12-8-14-31-33(29)32-22(11-7-13-30(32)38-31)21-15-16-25-27(19-21)24-10-6-5-9-23(24)26-17-18-37-20-28(25)26/h5-6,8-12,14-20H,7,13H2,1-4H3. The van der Waals surface area contributed by atoms with E-state index in [4.69, 9.17) is 13.7 Å². The van der Waals surface area contributed by atoms with Gasteiger partial charge in [0.2, 0.25) is 0 Å². The van der Waals surface area contributed by atoms with Crippen molar-refractivity contribution in [1.29, 1.82) is 0 Å². The highest BCUT2D eigenvalue weighted by Crippen LogP contribution is 2.43. The molecule has 1 fully saturated rings. The predicted octanol–water partition coefficient (Wildman–Crippen LogP) is 7.96. The fourth-order valence-electron chi connectivity index (χ4n) is 6.53. The quantitative estimate of drug-likeness (QED) is 0.171. The maximum Gasteiger partial charge on any atom is 0.495 e. The molecule has 0 atom stereocenters. The Balaban J connectivity index is 1.35. The summed E-state index contributed by atoms with van der Waals surface area (Å²) < 4.78 is 19.5. The van der Waals surface area contributed by atoms with Gasteiger partial charge in [0.15, 0.2) is 0 Å². The number of benzene rings is 4. The van der Waals surface area contributed by atoms with Crippen LogP contribution >= 0.6 is 0 Å². The lowest BCUT2D eigenvalue weighted by Crippen LogP contribution is -2.41. The zero-order chi connectivity index (χ0) is 27.2. The van der Waals surface area contributed by atoms with Crippen LogP contribution in [0.3, 0.4) is 0 Å². The number of aromatic nitrogens is 1. The highest BCUT2D eigenvalue weighted by molar-refractivity contribution is 6.65. The summed E-state index contributed by atoms with van der Waals surface area (Å²) in [5.41, 5.74) is 4.64. The first kappa shape index (κ1) is 23.9. The van der Waals surface area contributed by atoms with Crippen LogP contribution in [0, 0.1) is 0 Å². The minimum absolute atomic E-state index is 0.417. The lowest BCUT2D eigenvalue weighted by atomic mass is 9.74. The van der Waals surface area contributed by atoms with Crippen molar-refractivity contribution in [2.75, 3.05) is 0 Å². The molecule has 0 amide bonds. The number of furan rings is 1. The van der Waals surface area contributed by atoms with Crippen LogP contribution in [0.4, 0.5) is 0 Å². The minimum atomic E-state index is -0.460. The van der Waals surface area contributed by atoms with Crippen molar-refractivity contribution in [2.24, 2.45) is 0 Å². The second-order valence-corrected chi connectivity index (χ2v) is 12.1. The van der Waals surface area contributed by atoms with E-state index in [-0.39, 0.29) is 0 Å². The lowest BCUT2D eigenvalue weighted by Gasteiger charge is -2.32. The number of hydrogen-bond acceptors (Lipinski definition) is 4. The Morgan fingerprint density at radius 2 is 1.48 bits per heavy atom. The molecule has 1 aliphatic carbocycles. The smallest absolute Gasteiger partial charge is 0.460 e. The van der Waals surface area contributed by atoms with Gasteiger partial charge in [-0.15, -0.1) is 0 Å². The largest absolute Gasteiger partial charge is 0.495 e. The molecule has 40 heavy (non-hydrogen) atoms. The third kappa shape index (κ3) is 3.31. The highest BCUT2D eigenvalue weighted by atomic mass is 16.7. The Morgan fingerprint density at radius 3 is 2.27 bits per heavy atom.